The van der Waals surface area contributed by atoms with E-state index in [1.54, 1.807) is 33.6 Å². The molecule has 0 aromatic heterocycles. The molecule has 0 bridgehead atoms. The first-order chi connectivity index (χ1) is 12.8. The molecule has 3 heteroatoms. The van der Waals surface area contributed by atoms with E-state index in [9.17, 15) is 0 Å². The molecule has 28 heavy (non-hydrogen) atoms. The minimum Gasteiger partial charge on any atom is -1.00 e. The van der Waals surface area contributed by atoms with Gasteiger partial charge in [-0.05, 0) is 0 Å². The standard InChI is InChI=1S/C25H19.2ClH.Zr/c1-17-19(18-9-3-2-4-10-18)15-16-20(17)25-23-13-7-5-11-21(23)22-12-6-8-14-24(22)25;;;/h2-14,25H,15H2,1H3;2*1H;/q;;;+2/p-2. The van der Waals surface area contributed by atoms with Gasteiger partial charge in [0, 0.05) is 0 Å². The predicted octanol–water partition coefficient (Wildman–Crippen LogP) is 0.485. The number of benzene rings is 3. The van der Waals surface area contributed by atoms with Gasteiger partial charge in [-0.1, -0.05) is 0 Å². The van der Waals surface area contributed by atoms with E-state index >= 15 is 0 Å². The summed E-state index contributed by atoms with van der Waals surface area (Å²) in [7, 11) is 0. The van der Waals surface area contributed by atoms with Gasteiger partial charge in [0.15, 0.2) is 0 Å². The molecule has 3 aromatic rings. The van der Waals surface area contributed by atoms with Crippen LogP contribution in [-0.2, 0) is 24.7 Å². The van der Waals surface area contributed by atoms with Crippen LogP contribution in [0.3, 0.4) is 0 Å². The van der Waals surface area contributed by atoms with Crippen LogP contribution in [-0.4, -0.2) is 0 Å². The Morgan fingerprint density at radius 1 is 0.714 bits per heavy atom. The van der Waals surface area contributed by atoms with Crippen molar-refractivity contribution >= 4 is 5.57 Å². The fraction of sp³-hybridized carbons (Fsp3) is 0.120. The van der Waals surface area contributed by atoms with E-state index < -0.39 is 0 Å². The first-order valence-electron chi connectivity index (χ1n) is 9.14. The molecule has 0 amide bonds. The zero-order valence-corrected chi connectivity index (χ0v) is 19.5. The molecule has 0 heterocycles. The maximum atomic E-state index is 2.33. The molecule has 5 rings (SSSR count). The summed E-state index contributed by atoms with van der Waals surface area (Å²) in [5.41, 5.74) is 11.7. The summed E-state index contributed by atoms with van der Waals surface area (Å²) in [6.45, 7) is 2.33. The van der Waals surface area contributed by atoms with Gasteiger partial charge >= 0.3 is 171 Å². The van der Waals surface area contributed by atoms with Crippen LogP contribution < -0.4 is 24.8 Å². The summed E-state index contributed by atoms with van der Waals surface area (Å²) in [6, 6.07) is 28.8. The molecular formula is C25H19Cl2Zr. The normalized spacial score (nSPS) is 15.1. The fourth-order valence-corrected chi connectivity index (χ4v) is 5.86. The summed E-state index contributed by atoms with van der Waals surface area (Å²) in [6.07, 6.45) is 1.10. The van der Waals surface area contributed by atoms with E-state index in [0.29, 0.717) is 5.92 Å². The minimum absolute atomic E-state index is 0. The molecule has 0 atom stereocenters. The van der Waals surface area contributed by atoms with Crippen molar-refractivity contribution in [1.29, 1.82) is 0 Å². The molecule has 0 saturated carbocycles. The third-order valence-corrected chi connectivity index (χ3v) is 6.88. The largest absolute Gasteiger partial charge is 1.00 e. The number of hydrogen-bond donors (Lipinski definition) is 0. The first kappa shape index (κ1) is 21.3. The first-order valence-corrected chi connectivity index (χ1v) is 10.4. The zero-order valence-electron chi connectivity index (χ0n) is 15.5. The van der Waals surface area contributed by atoms with Crippen molar-refractivity contribution in [1.82, 2.24) is 0 Å². The Balaban J connectivity index is 0.00000112. The van der Waals surface area contributed by atoms with Crippen LogP contribution in [0.25, 0.3) is 16.7 Å². The Labute approximate surface area is 194 Å². The molecular weight excluding hydrogens is 462 g/mol. The van der Waals surface area contributed by atoms with Crippen LogP contribution in [0.4, 0.5) is 0 Å². The molecule has 0 radical (unpaired) electrons. The number of halogens is 2. The quantitative estimate of drug-likeness (QED) is 0.500. The molecule has 0 saturated heterocycles. The topological polar surface area (TPSA) is 0 Å². The van der Waals surface area contributed by atoms with Crippen molar-refractivity contribution in [2.45, 2.75) is 19.3 Å². The summed E-state index contributed by atoms with van der Waals surface area (Å²) < 4.78 is 1.60. The van der Waals surface area contributed by atoms with Gasteiger partial charge in [0.2, 0.25) is 0 Å². The second kappa shape index (κ2) is 8.54. The van der Waals surface area contributed by atoms with Gasteiger partial charge in [-0.3, -0.25) is 0 Å². The van der Waals surface area contributed by atoms with Gasteiger partial charge in [-0.25, -0.2) is 0 Å². The van der Waals surface area contributed by atoms with Crippen LogP contribution in [0.15, 0.2) is 93.3 Å². The fourth-order valence-electron chi connectivity index (χ4n) is 4.61. The van der Waals surface area contributed by atoms with E-state index in [1.807, 2.05) is 0 Å². The van der Waals surface area contributed by atoms with Gasteiger partial charge in [-0.15, -0.1) is 0 Å². The minimum atomic E-state index is 0. The Morgan fingerprint density at radius 2 is 1.21 bits per heavy atom. The predicted molar refractivity (Wildman–Crippen MR) is 104 cm³/mol. The van der Waals surface area contributed by atoms with Gasteiger partial charge in [0.05, 0.1) is 0 Å². The van der Waals surface area contributed by atoms with Gasteiger partial charge in [-0.2, -0.15) is 0 Å². The summed E-state index contributed by atoms with van der Waals surface area (Å²) in [4.78, 5) is 0. The molecule has 0 nitrogen and oxygen atoms in total. The monoisotopic (exact) mass is 479 g/mol. The van der Waals surface area contributed by atoms with E-state index in [2.05, 4.69) is 85.8 Å². The molecule has 2 aliphatic carbocycles. The van der Waals surface area contributed by atoms with Gasteiger partial charge in [0.1, 0.15) is 0 Å². The van der Waals surface area contributed by atoms with Crippen molar-refractivity contribution in [2.75, 3.05) is 0 Å². The average Bonchev–Trinajstić information content (AvgIpc) is 3.16. The van der Waals surface area contributed by atoms with E-state index in [0.717, 1.165) is 6.42 Å². The van der Waals surface area contributed by atoms with Crippen LogP contribution >= 0.6 is 0 Å². The van der Waals surface area contributed by atoms with E-state index in [-0.39, 0.29) is 24.8 Å². The number of allylic oxidation sites excluding steroid dienone is 4. The molecule has 137 valence electrons. The molecule has 0 N–H and O–H groups in total. The maximum Gasteiger partial charge on any atom is -1.00 e. The van der Waals surface area contributed by atoms with E-state index in [1.165, 1.54) is 39.0 Å². The van der Waals surface area contributed by atoms with Crippen LogP contribution in [0, 0.1) is 0 Å². The maximum absolute atomic E-state index is 2.33. The molecule has 0 fully saturated rings. The SMILES string of the molecule is CC1=C(c2ccccc2)C[C]([Zr+2])=C1C1c2ccccc2-c2ccccc21.[Cl-].[Cl-]. The summed E-state index contributed by atoms with van der Waals surface area (Å²) in [5.74, 6) is 0.387. The van der Waals surface area contributed by atoms with Gasteiger partial charge in [0.25, 0.3) is 0 Å². The van der Waals surface area contributed by atoms with Gasteiger partial charge < -0.3 is 24.8 Å². The molecule has 3 aromatic carbocycles. The van der Waals surface area contributed by atoms with Crippen LogP contribution in [0.1, 0.15) is 36.0 Å². The van der Waals surface area contributed by atoms with E-state index in [4.69, 9.17) is 0 Å². The number of fused-ring (bicyclic) bond motifs is 3. The molecule has 0 aliphatic heterocycles. The van der Waals surface area contributed by atoms with Crippen molar-refractivity contribution in [3.63, 3.8) is 0 Å². The Kier molecular flexibility index (Phi) is 6.50. The van der Waals surface area contributed by atoms with Crippen LogP contribution in [0.2, 0.25) is 0 Å². The van der Waals surface area contributed by atoms with Crippen molar-refractivity contribution < 1.29 is 49.5 Å². The number of rotatable bonds is 2. The Bertz CT molecular complexity index is 1030. The zero-order chi connectivity index (χ0) is 17.7. The summed E-state index contributed by atoms with van der Waals surface area (Å²) in [5, 5.41) is 0. The number of hydrogen-bond acceptors (Lipinski definition) is 0. The van der Waals surface area contributed by atoms with Crippen molar-refractivity contribution in [2.24, 2.45) is 0 Å². The van der Waals surface area contributed by atoms with Crippen molar-refractivity contribution in [3.05, 3.63) is 110 Å². The third kappa shape index (κ3) is 3.28. The second-order valence-corrected chi connectivity index (χ2v) is 8.63. The average molecular weight is 482 g/mol. The molecule has 0 unspecified atom stereocenters. The van der Waals surface area contributed by atoms with Crippen molar-refractivity contribution in [3.8, 4) is 11.1 Å². The second-order valence-electron chi connectivity index (χ2n) is 7.15. The molecule has 0 spiro atoms. The molecule has 2 aliphatic rings. The summed E-state index contributed by atoms with van der Waals surface area (Å²) >= 11 is 1.54. The van der Waals surface area contributed by atoms with Crippen LogP contribution in [0.5, 0.6) is 0 Å². The third-order valence-electron chi connectivity index (χ3n) is 5.78. The smallest absolute Gasteiger partial charge is 1.00 e. The Hall–Kier alpha value is -1.40. The Morgan fingerprint density at radius 3 is 1.79 bits per heavy atom.